The minimum atomic E-state index is -3.89. The number of aryl methyl sites for hydroxylation is 1. The van der Waals surface area contributed by atoms with Gasteiger partial charge in [-0.2, -0.15) is 0 Å². The van der Waals surface area contributed by atoms with Crippen molar-refractivity contribution in [2.45, 2.75) is 17.9 Å². The molecule has 152 valence electrons. The van der Waals surface area contributed by atoms with Crippen LogP contribution in [-0.2, 0) is 21.4 Å². The van der Waals surface area contributed by atoms with Crippen LogP contribution in [-0.4, -0.2) is 37.0 Å². The number of anilines is 1. The third-order valence-electron chi connectivity index (χ3n) is 4.19. The van der Waals surface area contributed by atoms with Gasteiger partial charge in [0, 0.05) is 30.0 Å². The Morgan fingerprint density at radius 2 is 1.93 bits per heavy atom. The molecule has 3 rings (SSSR count). The molecule has 29 heavy (non-hydrogen) atoms. The molecule has 7 nitrogen and oxygen atoms in total. The molecule has 0 aliphatic carbocycles. The van der Waals surface area contributed by atoms with Crippen molar-refractivity contribution >= 4 is 37.5 Å². The van der Waals surface area contributed by atoms with E-state index in [0.717, 1.165) is 15.3 Å². The van der Waals surface area contributed by atoms with Gasteiger partial charge in [-0.3, -0.25) is 9.10 Å². The molecule has 0 unspecified atom stereocenters. The van der Waals surface area contributed by atoms with Crippen molar-refractivity contribution in [1.29, 1.82) is 0 Å². The van der Waals surface area contributed by atoms with Gasteiger partial charge < -0.3 is 9.88 Å². The van der Waals surface area contributed by atoms with E-state index in [4.69, 9.17) is 0 Å². The highest BCUT2D eigenvalue weighted by atomic mass is 79.9. The Morgan fingerprint density at radius 1 is 1.14 bits per heavy atom. The number of carbonyl (C=O) groups excluding carboxylic acids is 1. The second kappa shape index (κ2) is 9.71. The zero-order chi connectivity index (χ0) is 20.7. The number of aromatic nitrogens is 2. The van der Waals surface area contributed by atoms with Gasteiger partial charge in [-0.15, -0.1) is 0 Å². The van der Waals surface area contributed by atoms with Crippen LogP contribution in [0, 0.1) is 0 Å². The lowest BCUT2D eigenvalue weighted by Crippen LogP contribution is -2.41. The Labute approximate surface area is 178 Å². The Bertz CT molecular complexity index is 1040. The number of nitrogens with one attached hydrogen (secondary N) is 1. The summed E-state index contributed by atoms with van der Waals surface area (Å²) < 4.78 is 30.1. The number of amides is 1. The van der Waals surface area contributed by atoms with Gasteiger partial charge in [0.15, 0.2) is 0 Å². The molecule has 0 bridgehead atoms. The maximum absolute atomic E-state index is 13.2. The predicted molar refractivity (Wildman–Crippen MR) is 115 cm³/mol. The summed E-state index contributed by atoms with van der Waals surface area (Å²) in [5, 5.41) is 2.79. The maximum Gasteiger partial charge on any atom is 0.264 e. The zero-order valence-corrected chi connectivity index (χ0v) is 18.0. The van der Waals surface area contributed by atoms with Crippen LogP contribution in [0.25, 0.3) is 0 Å². The highest BCUT2D eigenvalue weighted by molar-refractivity contribution is 9.10. The van der Waals surface area contributed by atoms with E-state index in [-0.39, 0.29) is 17.3 Å². The van der Waals surface area contributed by atoms with E-state index in [1.54, 1.807) is 55.0 Å². The van der Waals surface area contributed by atoms with Crippen LogP contribution in [0.15, 0.2) is 82.7 Å². The Balaban J connectivity index is 1.72. The number of halogens is 1. The third-order valence-corrected chi connectivity index (χ3v) is 6.47. The summed E-state index contributed by atoms with van der Waals surface area (Å²) in [6.07, 6.45) is 5.97. The summed E-state index contributed by atoms with van der Waals surface area (Å²) >= 11 is 3.36. The predicted octanol–water partition coefficient (Wildman–Crippen LogP) is 3.05. The number of benzene rings is 2. The first-order chi connectivity index (χ1) is 14.0. The quantitative estimate of drug-likeness (QED) is 0.481. The van der Waals surface area contributed by atoms with Gasteiger partial charge >= 0.3 is 0 Å². The molecule has 1 amide bonds. The number of nitrogens with zero attached hydrogens (tertiary/aromatic N) is 3. The molecule has 0 aliphatic rings. The second-order valence-electron chi connectivity index (χ2n) is 6.31. The molecule has 9 heteroatoms. The minimum Gasteiger partial charge on any atom is -0.354 e. The summed E-state index contributed by atoms with van der Waals surface area (Å²) in [6.45, 7) is 0.853. The van der Waals surface area contributed by atoms with Crippen LogP contribution in [0.5, 0.6) is 0 Å². The normalized spacial score (nSPS) is 11.2. The summed E-state index contributed by atoms with van der Waals surface area (Å²) in [5.74, 6) is -0.366. The van der Waals surface area contributed by atoms with Crippen LogP contribution in [0.1, 0.15) is 6.42 Å². The first-order valence-corrected chi connectivity index (χ1v) is 11.3. The summed E-state index contributed by atoms with van der Waals surface area (Å²) in [7, 11) is -3.89. The van der Waals surface area contributed by atoms with E-state index in [1.165, 1.54) is 12.1 Å². The lowest BCUT2D eigenvalue weighted by Gasteiger charge is -2.24. The second-order valence-corrected chi connectivity index (χ2v) is 9.09. The SMILES string of the molecule is O=C(CN(c1cccc(Br)c1)S(=O)(=O)c1ccccc1)NCCCn1ccnc1. The maximum atomic E-state index is 13.2. The standard InChI is InChI=1S/C20H21BrN4O3S/c21-17-6-4-7-18(14-17)25(29(27,28)19-8-2-1-3-9-19)15-20(26)23-10-5-12-24-13-11-22-16-24/h1-4,6-9,11,13-14,16H,5,10,12,15H2,(H,23,26). The van der Waals surface area contributed by atoms with Gasteiger partial charge in [-0.05, 0) is 36.8 Å². The van der Waals surface area contributed by atoms with Crippen molar-refractivity contribution < 1.29 is 13.2 Å². The van der Waals surface area contributed by atoms with Crippen LogP contribution < -0.4 is 9.62 Å². The van der Waals surface area contributed by atoms with E-state index < -0.39 is 10.0 Å². The van der Waals surface area contributed by atoms with Crippen LogP contribution in [0.3, 0.4) is 0 Å². The average Bonchev–Trinajstić information content (AvgIpc) is 3.23. The molecule has 1 heterocycles. The summed E-state index contributed by atoms with van der Waals surface area (Å²) in [5.41, 5.74) is 0.414. The molecule has 0 fully saturated rings. The fourth-order valence-electron chi connectivity index (χ4n) is 2.76. The fraction of sp³-hybridized carbons (Fsp3) is 0.200. The molecular weight excluding hydrogens is 456 g/mol. The van der Waals surface area contributed by atoms with Gasteiger partial charge in [0.05, 0.1) is 16.9 Å². The molecule has 3 aromatic rings. The van der Waals surface area contributed by atoms with Gasteiger partial charge in [0.1, 0.15) is 6.54 Å². The first kappa shape index (κ1) is 21.1. The highest BCUT2D eigenvalue weighted by Gasteiger charge is 2.27. The largest absolute Gasteiger partial charge is 0.354 e. The van der Waals surface area contributed by atoms with Gasteiger partial charge in [-0.1, -0.05) is 40.2 Å². The monoisotopic (exact) mass is 476 g/mol. The molecule has 2 aromatic carbocycles. The molecule has 1 N–H and O–H groups in total. The number of carbonyl (C=O) groups is 1. The van der Waals surface area contributed by atoms with E-state index in [9.17, 15) is 13.2 Å². The molecule has 1 aromatic heterocycles. The van der Waals surface area contributed by atoms with Gasteiger partial charge in [0.25, 0.3) is 10.0 Å². The molecule has 0 saturated heterocycles. The van der Waals surface area contributed by atoms with E-state index in [1.807, 2.05) is 10.8 Å². The smallest absolute Gasteiger partial charge is 0.264 e. The Hall–Kier alpha value is -2.65. The van der Waals surface area contributed by atoms with Crippen LogP contribution >= 0.6 is 15.9 Å². The van der Waals surface area contributed by atoms with Crippen molar-refractivity contribution in [2.75, 3.05) is 17.4 Å². The van der Waals surface area contributed by atoms with Crippen molar-refractivity contribution in [3.05, 3.63) is 77.8 Å². The number of hydrogen-bond donors (Lipinski definition) is 1. The summed E-state index contributed by atoms with van der Waals surface area (Å²) in [4.78, 5) is 16.6. The van der Waals surface area contributed by atoms with Crippen LogP contribution in [0.2, 0.25) is 0 Å². The number of sulfonamides is 1. The minimum absolute atomic E-state index is 0.132. The topological polar surface area (TPSA) is 84.3 Å². The number of rotatable bonds is 9. The van der Waals surface area contributed by atoms with Crippen molar-refractivity contribution in [3.63, 3.8) is 0 Å². The van der Waals surface area contributed by atoms with E-state index >= 15 is 0 Å². The molecular formula is C20H21BrN4O3S. The fourth-order valence-corrected chi connectivity index (χ4v) is 4.58. The lowest BCUT2D eigenvalue weighted by atomic mass is 10.3. The number of hydrogen-bond acceptors (Lipinski definition) is 4. The van der Waals surface area contributed by atoms with E-state index in [2.05, 4.69) is 26.2 Å². The first-order valence-electron chi connectivity index (χ1n) is 9.02. The molecule has 0 radical (unpaired) electrons. The molecule has 0 aliphatic heterocycles. The molecule has 0 spiro atoms. The number of imidazole rings is 1. The Kier molecular flexibility index (Phi) is 7.05. The van der Waals surface area contributed by atoms with Gasteiger partial charge in [-0.25, -0.2) is 13.4 Å². The highest BCUT2D eigenvalue weighted by Crippen LogP contribution is 2.26. The van der Waals surface area contributed by atoms with E-state index in [0.29, 0.717) is 18.7 Å². The van der Waals surface area contributed by atoms with Crippen LogP contribution in [0.4, 0.5) is 5.69 Å². The van der Waals surface area contributed by atoms with Crippen molar-refractivity contribution in [3.8, 4) is 0 Å². The van der Waals surface area contributed by atoms with Crippen molar-refractivity contribution in [2.24, 2.45) is 0 Å². The molecule has 0 atom stereocenters. The summed E-state index contributed by atoms with van der Waals surface area (Å²) in [6, 6.07) is 15.0. The average molecular weight is 477 g/mol. The third kappa shape index (κ3) is 5.68. The lowest BCUT2D eigenvalue weighted by molar-refractivity contribution is -0.119. The Morgan fingerprint density at radius 3 is 2.62 bits per heavy atom. The van der Waals surface area contributed by atoms with Gasteiger partial charge in [0.2, 0.25) is 5.91 Å². The zero-order valence-electron chi connectivity index (χ0n) is 15.6. The molecule has 0 saturated carbocycles. The van der Waals surface area contributed by atoms with Crippen molar-refractivity contribution in [1.82, 2.24) is 14.9 Å².